The summed E-state index contributed by atoms with van der Waals surface area (Å²) < 4.78 is 36.4. The summed E-state index contributed by atoms with van der Waals surface area (Å²) in [5.41, 5.74) is 0.692. The van der Waals surface area contributed by atoms with Crippen LogP contribution in [0.15, 0.2) is 50.5 Å². The maximum Gasteiger partial charge on any atom is 0.336 e. The van der Waals surface area contributed by atoms with Gasteiger partial charge in [-0.15, -0.1) is 0 Å². The lowest BCUT2D eigenvalue weighted by atomic mass is 10.1. The molecule has 1 heterocycles. The van der Waals surface area contributed by atoms with E-state index in [-0.39, 0.29) is 26.4 Å². The fourth-order valence-corrected chi connectivity index (χ4v) is 4.24. The molecular formula is C21H20Cl2N2O6S. The van der Waals surface area contributed by atoms with Crippen molar-refractivity contribution in [2.75, 3.05) is 26.0 Å². The van der Waals surface area contributed by atoms with Crippen molar-refractivity contribution in [2.24, 2.45) is 0 Å². The Balaban J connectivity index is 1.79. The van der Waals surface area contributed by atoms with Crippen LogP contribution >= 0.6 is 23.2 Å². The molecule has 0 bridgehead atoms. The summed E-state index contributed by atoms with van der Waals surface area (Å²) in [5, 5.41) is 3.60. The number of nitrogens with zero attached hydrogens (tertiary/aromatic N) is 1. The van der Waals surface area contributed by atoms with Crippen molar-refractivity contribution in [2.45, 2.75) is 18.2 Å². The second-order valence-electron chi connectivity index (χ2n) is 6.99. The van der Waals surface area contributed by atoms with Crippen LogP contribution in [0.3, 0.4) is 0 Å². The van der Waals surface area contributed by atoms with E-state index in [9.17, 15) is 18.0 Å². The number of carbonyl (C=O) groups is 1. The molecule has 1 N–H and O–H groups in total. The number of nitrogens with one attached hydrogen (secondary N) is 1. The van der Waals surface area contributed by atoms with Crippen molar-refractivity contribution in [1.82, 2.24) is 4.31 Å². The molecule has 0 aliphatic heterocycles. The van der Waals surface area contributed by atoms with E-state index in [1.165, 1.54) is 44.4 Å². The molecule has 1 amide bonds. The topological polar surface area (TPSA) is 106 Å². The number of ether oxygens (including phenoxy) is 1. The summed E-state index contributed by atoms with van der Waals surface area (Å²) in [6.07, 6.45) is 0.615. The zero-order valence-electron chi connectivity index (χ0n) is 17.4. The van der Waals surface area contributed by atoms with Crippen LogP contribution in [0.1, 0.15) is 12.5 Å². The average molecular weight is 499 g/mol. The van der Waals surface area contributed by atoms with E-state index in [1.54, 1.807) is 6.07 Å². The first kappa shape index (κ1) is 24.1. The molecule has 0 saturated heterocycles. The summed E-state index contributed by atoms with van der Waals surface area (Å²) in [4.78, 5) is 24.1. The van der Waals surface area contributed by atoms with Gasteiger partial charge in [-0.2, -0.15) is 0 Å². The first-order chi connectivity index (χ1) is 15.0. The summed E-state index contributed by atoms with van der Waals surface area (Å²) in [5.74, 6) is -0.438. The van der Waals surface area contributed by atoms with Gasteiger partial charge in [-0.1, -0.05) is 30.1 Å². The molecule has 0 saturated carbocycles. The van der Waals surface area contributed by atoms with E-state index in [1.807, 2.05) is 6.92 Å². The molecule has 1 aromatic heterocycles. The van der Waals surface area contributed by atoms with Crippen molar-refractivity contribution < 1.29 is 22.4 Å². The standard InChI is InChI=1S/C21H20Cl2N2O6S/c1-4-12-7-21(27)31-18-10-19(16(23)9-14(12)18)30-11-20(26)24-17-8-13(5-6-15(17)22)32(28,29)25(2)3/h5-10H,4,11H2,1-3H3,(H,24,26). The van der Waals surface area contributed by atoms with Crippen molar-refractivity contribution >= 4 is 55.8 Å². The molecule has 0 radical (unpaired) electrons. The highest BCUT2D eigenvalue weighted by atomic mass is 35.5. The SMILES string of the molecule is CCc1cc(=O)oc2cc(OCC(=O)Nc3cc(S(=O)(=O)N(C)C)ccc3Cl)c(Cl)cc12. The van der Waals surface area contributed by atoms with E-state index in [0.29, 0.717) is 17.4 Å². The zero-order valence-corrected chi connectivity index (χ0v) is 19.8. The van der Waals surface area contributed by atoms with Crippen LogP contribution < -0.4 is 15.7 Å². The number of fused-ring (bicyclic) bond motifs is 1. The minimum atomic E-state index is -3.70. The number of hydrogen-bond donors (Lipinski definition) is 1. The van der Waals surface area contributed by atoms with Gasteiger partial charge in [0.1, 0.15) is 11.3 Å². The second kappa shape index (κ2) is 9.50. The van der Waals surface area contributed by atoms with Gasteiger partial charge in [-0.25, -0.2) is 17.5 Å². The number of benzene rings is 2. The average Bonchev–Trinajstić information content (AvgIpc) is 2.73. The van der Waals surface area contributed by atoms with Gasteiger partial charge in [0.05, 0.1) is 20.6 Å². The molecule has 3 rings (SSSR count). The molecule has 0 fully saturated rings. The third kappa shape index (κ3) is 5.07. The number of rotatable bonds is 7. The van der Waals surface area contributed by atoms with Gasteiger partial charge in [0.2, 0.25) is 10.0 Å². The van der Waals surface area contributed by atoms with Gasteiger partial charge in [0.15, 0.2) is 6.61 Å². The van der Waals surface area contributed by atoms with Crippen LogP contribution in [0, 0.1) is 0 Å². The van der Waals surface area contributed by atoms with Gasteiger partial charge >= 0.3 is 5.63 Å². The normalized spacial score (nSPS) is 11.7. The number of aryl methyl sites for hydroxylation is 1. The fourth-order valence-electron chi connectivity index (χ4n) is 2.93. The zero-order chi connectivity index (χ0) is 23.6. The van der Waals surface area contributed by atoms with Gasteiger partial charge < -0.3 is 14.5 Å². The first-order valence-corrected chi connectivity index (χ1v) is 11.6. The Bertz CT molecular complexity index is 1350. The molecule has 32 heavy (non-hydrogen) atoms. The highest BCUT2D eigenvalue weighted by Crippen LogP contribution is 2.31. The molecule has 2 aromatic carbocycles. The summed E-state index contributed by atoms with van der Waals surface area (Å²) in [7, 11) is -0.909. The molecule has 3 aromatic rings. The number of sulfonamides is 1. The fraction of sp³-hybridized carbons (Fsp3) is 0.238. The first-order valence-electron chi connectivity index (χ1n) is 9.44. The van der Waals surface area contributed by atoms with E-state index >= 15 is 0 Å². The maximum atomic E-state index is 12.4. The van der Waals surface area contributed by atoms with Crippen LogP contribution in [0.25, 0.3) is 11.0 Å². The Kier molecular flexibility index (Phi) is 7.14. The number of halogens is 2. The lowest BCUT2D eigenvalue weighted by Crippen LogP contribution is -2.23. The van der Waals surface area contributed by atoms with Crippen molar-refractivity contribution in [1.29, 1.82) is 0 Å². The van der Waals surface area contributed by atoms with Gasteiger partial charge in [0, 0.05) is 31.6 Å². The Morgan fingerprint density at radius 3 is 2.50 bits per heavy atom. The van der Waals surface area contributed by atoms with E-state index in [4.69, 9.17) is 32.4 Å². The monoisotopic (exact) mass is 498 g/mol. The molecular weight excluding hydrogens is 479 g/mol. The predicted octanol–water partition coefficient (Wildman–Crippen LogP) is 3.93. The second-order valence-corrected chi connectivity index (χ2v) is 9.96. The Morgan fingerprint density at radius 2 is 1.84 bits per heavy atom. The highest BCUT2D eigenvalue weighted by molar-refractivity contribution is 7.89. The quantitative estimate of drug-likeness (QED) is 0.494. The highest BCUT2D eigenvalue weighted by Gasteiger charge is 2.19. The van der Waals surface area contributed by atoms with Crippen molar-refractivity contribution in [3.63, 3.8) is 0 Å². The number of amides is 1. The Morgan fingerprint density at radius 1 is 1.12 bits per heavy atom. The third-order valence-corrected chi connectivity index (χ3v) is 7.05. The summed E-state index contributed by atoms with van der Waals surface area (Å²) in [6, 6.07) is 8.45. The minimum absolute atomic E-state index is 0.0255. The molecule has 0 aliphatic carbocycles. The molecule has 0 unspecified atom stereocenters. The van der Waals surface area contributed by atoms with Crippen LogP contribution in [0.2, 0.25) is 10.0 Å². The summed E-state index contributed by atoms with van der Waals surface area (Å²) in [6.45, 7) is 1.46. The van der Waals surface area contributed by atoms with Gasteiger partial charge in [-0.05, 0) is 36.2 Å². The number of hydrogen-bond acceptors (Lipinski definition) is 6. The Labute approximate surface area is 194 Å². The minimum Gasteiger partial charge on any atom is -0.482 e. The predicted molar refractivity (Wildman–Crippen MR) is 123 cm³/mol. The van der Waals surface area contributed by atoms with Gasteiger partial charge in [0.25, 0.3) is 5.91 Å². The van der Waals surface area contributed by atoms with Crippen LogP contribution in [-0.4, -0.2) is 39.3 Å². The number of carbonyl (C=O) groups excluding carboxylic acids is 1. The molecule has 8 nitrogen and oxygen atoms in total. The van der Waals surface area contributed by atoms with Crippen molar-refractivity contribution in [3.05, 3.63) is 62.4 Å². The molecule has 0 atom stereocenters. The lowest BCUT2D eigenvalue weighted by Gasteiger charge is -2.14. The van der Waals surface area contributed by atoms with E-state index in [0.717, 1.165) is 9.87 Å². The van der Waals surface area contributed by atoms with Crippen molar-refractivity contribution in [3.8, 4) is 5.75 Å². The van der Waals surface area contributed by atoms with E-state index in [2.05, 4.69) is 5.32 Å². The Hall–Kier alpha value is -2.59. The largest absolute Gasteiger partial charge is 0.482 e. The molecule has 0 aliphatic rings. The maximum absolute atomic E-state index is 12.4. The smallest absolute Gasteiger partial charge is 0.336 e. The molecule has 170 valence electrons. The number of anilines is 1. The third-order valence-electron chi connectivity index (χ3n) is 4.61. The van der Waals surface area contributed by atoms with Gasteiger partial charge in [-0.3, -0.25) is 4.79 Å². The molecule has 11 heteroatoms. The van der Waals surface area contributed by atoms with E-state index < -0.39 is 28.2 Å². The van der Waals surface area contributed by atoms with Crippen LogP contribution in [0.4, 0.5) is 5.69 Å². The van der Waals surface area contributed by atoms with Crippen LogP contribution in [0.5, 0.6) is 5.75 Å². The molecule has 0 spiro atoms. The van der Waals surface area contributed by atoms with Crippen LogP contribution in [-0.2, 0) is 21.2 Å². The lowest BCUT2D eigenvalue weighted by molar-refractivity contribution is -0.118. The summed E-state index contributed by atoms with van der Waals surface area (Å²) >= 11 is 12.4.